The van der Waals surface area contributed by atoms with E-state index in [1.807, 2.05) is 13.8 Å². The molecule has 0 aliphatic rings. The third-order valence-corrected chi connectivity index (χ3v) is 0.447. The van der Waals surface area contributed by atoms with Gasteiger partial charge in [-0.1, -0.05) is 13.8 Å². The molecule has 5 heteroatoms. The number of hydrogen-bond donors (Lipinski definition) is 2. The molecule has 0 aromatic carbocycles. The Hall–Kier alpha value is 1.76. The van der Waals surface area contributed by atoms with Crippen LogP contribution in [-0.2, 0) is 18.5 Å². The van der Waals surface area contributed by atoms with Gasteiger partial charge in [0.1, 0.15) is 0 Å². The maximum absolute atomic E-state index is 7.88. The average Bonchev–Trinajstić information content (AvgIpc) is 2.06. The molecule has 2 nitrogen and oxygen atoms in total. The van der Waals surface area contributed by atoms with E-state index < -0.39 is 0 Å². The zero-order valence-corrected chi connectivity index (χ0v) is 12.6. The van der Waals surface area contributed by atoms with Crippen molar-refractivity contribution in [3.8, 4) is 0 Å². The molecule has 0 atom stereocenters. The van der Waals surface area contributed by atoms with E-state index in [0.29, 0.717) is 13.2 Å². The Kier molecular flexibility index (Phi) is 50.2. The van der Waals surface area contributed by atoms with Gasteiger partial charge in [-0.15, -0.1) is 0 Å². The average molecular weight is 371 g/mol. The van der Waals surface area contributed by atoms with Gasteiger partial charge in [-0.3, -0.25) is 0 Å². The summed E-state index contributed by atoms with van der Waals surface area (Å²) < 4.78 is 0. The van der Waals surface area contributed by atoms with Gasteiger partial charge >= 0.3 is 43.0 Å². The fourth-order valence-corrected chi connectivity index (χ4v) is 0. The Morgan fingerprint density at radius 2 is 1.09 bits per heavy atom. The molecule has 0 aromatic heterocycles. The maximum atomic E-state index is 7.88. The number of halogens is 2. The van der Waals surface area contributed by atoms with Crippen molar-refractivity contribution in [2.75, 3.05) is 13.2 Å². The summed E-state index contributed by atoms with van der Waals surface area (Å²) in [4.78, 5) is 0. The fraction of sp³-hybridized carbons (Fsp3) is 1.00. The van der Waals surface area contributed by atoms with Crippen LogP contribution in [0.1, 0.15) is 26.7 Å². The SMILES string of the molecule is CCCO.CCCO.[Br][Zr][Br]. The standard InChI is InChI=1S/2C3H8O.2BrH.Zr/c2*1-2-3-4;;;/h2*4H,2-3H2,1H3;2*1H;/q;;;;+2/p-2. The van der Waals surface area contributed by atoms with Gasteiger partial charge in [0.05, 0.1) is 0 Å². The molecular formula is C6H16Br2O2Zr. The van der Waals surface area contributed by atoms with Gasteiger partial charge in [0.15, 0.2) is 0 Å². The first-order valence-corrected chi connectivity index (χ1v) is 14.7. The molecule has 70 valence electrons. The molecule has 0 unspecified atom stereocenters. The summed E-state index contributed by atoms with van der Waals surface area (Å²) in [6.45, 7) is 4.50. The van der Waals surface area contributed by atoms with Gasteiger partial charge in [-0.25, -0.2) is 0 Å². The van der Waals surface area contributed by atoms with Gasteiger partial charge < -0.3 is 10.2 Å². The molecule has 0 fully saturated rings. The summed E-state index contributed by atoms with van der Waals surface area (Å²) in [7, 11) is 0. The van der Waals surface area contributed by atoms with E-state index in [1.54, 1.807) is 0 Å². The molecule has 0 aliphatic heterocycles. The first-order valence-electron chi connectivity index (χ1n) is 3.42. The second kappa shape index (κ2) is 29.8. The fourth-order valence-electron chi connectivity index (χ4n) is 0. The molecule has 0 radical (unpaired) electrons. The van der Waals surface area contributed by atoms with Gasteiger partial charge in [0.25, 0.3) is 0 Å². The number of aliphatic hydroxyl groups is 2. The van der Waals surface area contributed by atoms with Crippen molar-refractivity contribution in [1.82, 2.24) is 0 Å². The van der Waals surface area contributed by atoms with Crippen molar-refractivity contribution in [3.05, 3.63) is 0 Å². The molecule has 0 heterocycles. The van der Waals surface area contributed by atoms with Crippen LogP contribution in [0.4, 0.5) is 0 Å². The van der Waals surface area contributed by atoms with Crippen molar-refractivity contribution in [1.29, 1.82) is 0 Å². The van der Waals surface area contributed by atoms with Gasteiger partial charge in [0, 0.05) is 13.2 Å². The first-order chi connectivity index (χ1) is 5.24. The number of hydrogen-bond acceptors (Lipinski definition) is 2. The predicted octanol–water partition coefficient (Wildman–Crippen LogP) is 2.47. The van der Waals surface area contributed by atoms with E-state index in [4.69, 9.17) is 10.2 Å². The van der Waals surface area contributed by atoms with Gasteiger partial charge in [-0.05, 0) is 12.8 Å². The van der Waals surface area contributed by atoms with Crippen LogP contribution < -0.4 is 0 Å². The molecule has 0 saturated carbocycles. The number of aliphatic hydroxyl groups excluding tert-OH is 2. The van der Waals surface area contributed by atoms with Crippen LogP contribution in [0, 0.1) is 0 Å². The van der Waals surface area contributed by atoms with E-state index in [9.17, 15) is 0 Å². The Morgan fingerprint density at radius 1 is 1.00 bits per heavy atom. The van der Waals surface area contributed by atoms with Gasteiger partial charge in [0.2, 0.25) is 0 Å². The van der Waals surface area contributed by atoms with Crippen LogP contribution in [-0.4, -0.2) is 23.4 Å². The molecule has 0 aliphatic carbocycles. The summed E-state index contributed by atoms with van der Waals surface area (Å²) >= 11 is 6.32. The molecule has 0 saturated heterocycles. The Morgan fingerprint density at radius 3 is 1.09 bits per heavy atom. The molecular weight excluding hydrogens is 355 g/mol. The molecule has 0 amide bonds. The van der Waals surface area contributed by atoms with Crippen molar-refractivity contribution >= 4 is 24.4 Å². The molecule has 0 rings (SSSR count). The summed E-state index contributed by atoms with van der Waals surface area (Å²) in [5, 5.41) is 15.8. The van der Waals surface area contributed by atoms with Crippen LogP contribution in [0.15, 0.2) is 0 Å². The van der Waals surface area contributed by atoms with Crippen LogP contribution in [0.3, 0.4) is 0 Å². The molecule has 0 aromatic rings. The first kappa shape index (κ1) is 18.5. The van der Waals surface area contributed by atoms with Crippen molar-refractivity contribution < 1.29 is 28.7 Å². The molecule has 0 bridgehead atoms. The summed E-state index contributed by atoms with van der Waals surface area (Å²) in [6, 6.07) is 0. The van der Waals surface area contributed by atoms with E-state index in [0.717, 1.165) is 12.8 Å². The van der Waals surface area contributed by atoms with E-state index >= 15 is 0 Å². The predicted molar refractivity (Wildman–Crippen MR) is 52.6 cm³/mol. The van der Waals surface area contributed by atoms with Crippen LogP contribution >= 0.6 is 24.4 Å². The Balaban J connectivity index is -0.0000000886. The topological polar surface area (TPSA) is 40.5 Å². The Labute approximate surface area is 92.2 Å². The normalized spacial score (nSPS) is 6.73. The minimum absolute atomic E-state index is 0.145. The van der Waals surface area contributed by atoms with E-state index in [2.05, 4.69) is 24.4 Å². The second-order valence-corrected chi connectivity index (χ2v) is 12.9. The molecule has 2 N–H and O–H groups in total. The molecule has 0 spiro atoms. The zero-order valence-electron chi connectivity index (χ0n) is 6.98. The van der Waals surface area contributed by atoms with Crippen LogP contribution in [0.5, 0.6) is 0 Å². The van der Waals surface area contributed by atoms with Gasteiger partial charge in [-0.2, -0.15) is 0 Å². The second-order valence-electron chi connectivity index (χ2n) is 1.52. The summed E-state index contributed by atoms with van der Waals surface area (Å²) in [6.07, 6.45) is 1.75. The van der Waals surface area contributed by atoms with E-state index in [-0.39, 0.29) is 18.5 Å². The molecule has 11 heavy (non-hydrogen) atoms. The van der Waals surface area contributed by atoms with E-state index in [1.165, 1.54) is 0 Å². The monoisotopic (exact) mass is 368 g/mol. The van der Waals surface area contributed by atoms with Crippen molar-refractivity contribution in [2.24, 2.45) is 0 Å². The quantitative estimate of drug-likeness (QED) is 0.783. The summed E-state index contributed by atoms with van der Waals surface area (Å²) in [5.41, 5.74) is 0. The van der Waals surface area contributed by atoms with Crippen LogP contribution in [0.2, 0.25) is 0 Å². The third-order valence-electron chi connectivity index (χ3n) is 0.447. The van der Waals surface area contributed by atoms with Crippen molar-refractivity contribution in [2.45, 2.75) is 26.7 Å². The van der Waals surface area contributed by atoms with Crippen molar-refractivity contribution in [3.63, 3.8) is 0 Å². The van der Waals surface area contributed by atoms with Crippen LogP contribution in [0.25, 0.3) is 0 Å². The Bertz CT molecular complexity index is 33.8. The minimum atomic E-state index is -0.145. The number of rotatable bonds is 2. The summed E-state index contributed by atoms with van der Waals surface area (Å²) in [5.74, 6) is 0. The zero-order chi connectivity index (χ0) is 9.54. The third kappa shape index (κ3) is 79.2.